The molecule has 0 aliphatic heterocycles. The van der Waals surface area contributed by atoms with Crippen LogP contribution in [-0.4, -0.2) is 17.8 Å². The summed E-state index contributed by atoms with van der Waals surface area (Å²) >= 11 is 0. The highest BCUT2D eigenvalue weighted by Crippen LogP contribution is 2.31. The number of alkyl halides is 3. The maximum absolute atomic E-state index is 12.5. The van der Waals surface area contributed by atoms with Gasteiger partial charge in [0.1, 0.15) is 0 Å². The maximum Gasteiger partial charge on any atom is 0.416 e. The highest BCUT2D eigenvalue weighted by Gasteiger charge is 2.30. The fraction of sp³-hybridized carbons (Fsp3) is 0.571. The van der Waals surface area contributed by atoms with Crippen LogP contribution >= 0.6 is 0 Å². The molecule has 0 bridgehead atoms. The smallest absolute Gasteiger partial charge is 0.392 e. The number of aliphatic hydroxyl groups excluding tert-OH is 1. The molecule has 2 atom stereocenters. The Morgan fingerprint density at radius 1 is 1.11 bits per heavy atom. The minimum absolute atomic E-state index is 0.0723. The van der Waals surface area contributed by atoms with E-state index in [-0.39, 0.29) is 12.0 Å². The van der Waals surface area contributed by atoms with Gasteiger partial charge in [-0.1, -0.05) is 26.0 Å². The first-order chi connectivity index (χ1) is 8.71. The topological polar surface area (TPSA) is 32.3 Å². The van der Waals surface area contributed by atoms with Gasteiger partial charge >= 0.3 is 6.18 Å². The van der Waals surface area contributed by atoms with Crippen molar-refractivity contribution in [2.75, 3.05) is 6.54 Å². The Morgan fingerprint density at radius 3 is 2.00 bits per heavy atom. The molecule has 5 heteroatoms. The molecule has 19 heavy (non-hydrogen) atoms. The van der Waals surface area contributed by atoms with Crippen molar-refractivity contribution in [2.45, 2.75) is 39.1 Å². The molecule has 1 aromatic carbocycles. The van der Waals surface area contributed by atoms with Crippen molar-refractivity contribution >= 4 is 0 Å². The van der Waals surface area contributed by atoms with Crippen LogP contribution in [0, 0.1) is 5.92 Å². The average Bonchev–Trinajstić information content (AvgIpc) is 2.27. The van der Waals surface area contributed by atoms with E-state index in [0.717, 1.165) is 17.7 Å². The highest BCUT2D eigenvalue weighted by molar-refractivity contribution is 5.27. The van der Waals surface area contributed by atoms with E-state index in [2.05, 4.69) is 5.32 Å². The molecular formula is C14H20F3NO. The quantitative estimate of drug-likeness (QED) is 0.863. The van der Waals surface area contributed by atoms with Crippen LogP contribution in [0.1, 0.15) is 37.9 Å². The molecule has 108 valence electrons. The molecule has 1 aromatic rings. The molecule has 0 radical (unpaired) electrons. The van der Waals surface area contributed by atoms with E-state index in [4.69, 9.17) is 0 Å². The summed E-state index contributed by atoms with van der Waals surface area (Å²) in [5.74, 6) is 0.218. The Balaban J connectivity index is 2.86. The second-order valence-corrected chi connectivity index (χ2v) is 5.10. The van der Waals surface area contributed by atoms with Gasteiger partial charge in [-0.25, -0.2) is 0 Å². The number of hydrogen-bond donors (Lipinski definition) is 2. The molecule has 2 N–H and O–H groups in total. The Labute approximate surface area is 111 Å². The molecule has 0 aliphatic rings. The summed E-state index contributed by atoms with van der Waals surface area (Å²) in [6, 6.07) is 5.09. The first-order valence-corrected chi connectivity index (χ1v) is 6.30. The van der Waals surface area contributed by atoms with Gasteiger partial charge in [0.05, 0.1) is 11.7 Å². The van der Waals surface area contributed by atoms with E-state index in [9.17, 15) is 18.3 Å². The number of halogens is 3. The fourth-order valence-electron chi connectivity index (χ4n) is 1.92. The number of nitrogens with one attached hydrogen (secondary N) is 1. The van der Waals surface area contributed by atoms with Gasteiger partial charge in [-0.05, 0) is 30.5 Å². The molecule has 0 heterocycles. The molecular weight excluding hydrogens is 255 g/mol. The lowest BCUT2D eigenvalue weighted by Crippen LogP contribution is -2.31. The predicted molar refractivity (Wildman–Crippen MR) is 68.7 cm³/mol. The molecule has 2 unspecified atom stereocenters. The lowest BCUT2D eigenvalue weighted by Gasteiger charge is -2.24. The largest absolute Gasteiger partial charge is 0.416 e. The summed E-state index contributed by atoms with van der Waals surface area (Å²) in [6.07, 6.45) is -4.80. The predicted octanol–water partition coefficient (Wildman–Crippen LogP) is 3.37. The molecule has 1 rings (SSSR count). The normalized spacial score (nSPS) is 15.6. The molecule has 2 nitrogen and oxygen atoms in total. The minimum atomic E-state index is -4.31. The van der Waals surface area contributed by atoms with Crippen LogP contribution in [0.15, 0.2) is 24.3 Å². The molecule has 0 aliphatic carbocycles. The van der Waals surface area contributed by atoms with Crippen molar-refractivity contribution < 1.29 is 18.3 Å². The maximum atomic E-state index is 12.5. The summed E-state index contributed by atoms with van der Waals surface area (Å²) < 4.78 is 37.5. The first kappa shape index (κ1) is 16.0. The molecule has 0 amide bonds. The summed E-state index contributed by atoms with van der Waals surface area (Å²) in [5.41, 5.74) is 0.151. The lowest BCUT2D eigenvalue weighted by molar-refractivity contribution is -0.137. The first-order valence-electron chi connectivity index (χ1n) is 6.30. The molecule has 0 aromatic heterocycles. The van der Waals surface area contributed by atoms with E-state index in [1.54, 1.807) is 6.92 Å². The third-order valence-electron chi connectivity index (χ3n) is 2.90. The number of hydrogen-bond acceptors (Lipinski definition) is 2. The van der Waals surface area contributed by atoms with Gasteiger partial charge in [-0.15, -0.1) is 0 Å². The third kappa shape index (κ3) is 4.84. The van der Waals surface area contributed by atoms with Gasteiger partial charge in [-0.2, -0.15) is 13.2 Å². The highest BCUT2D eigenvalue weighted by atomic mass is 19.4. The third-order valence-corrected chi connectivity index (χ3v) is 2.90. The summed E-state index contributed by atoms with van der Waals surface area (Å²) in [6.45, 7) is 6.04. The van der Waals surface area contributed by atoms with Crippen molar-refractivity contribution in [3.05, 3.63) is 35.4 Å². The summed E-state index contributed by atoms with van der Waals surface area (Å²) in [5, 5.41) is 12.4. The molecule has 0 saturated carbocycles. The number of rotatable bonds is 5. The minimum Gasteiger partial charge on any atom is -0.392 e. The Hall–Kier alpha value is -1.07. The SMILES string of the molecule is CC(O)CNC(c1ccc(C(F)(F)F)cc1)C(C)C. The van der Waals surface area contributed by atoms with Gasteiger partial charge in [0.15, 0.2) is 0 Å². The van der Waals surface area contributed by atoms with Crippen molar-refractivity contribution in [1.82, 2.24) is 5.32 Å². The summed E-state index contributed by atoms with van der Waals surface area (Å²) in [4.78, 5) is 0. The molecule has 0 fully saturated rings. The van der Waals surface area contributed by atoms with Gasteiger partial charge in [0.25, 0.3) is 0 Å². The van der Waals surface area contributed by atoms with Gasteiger partial charge in [-0.3, -0.25) is 0 Å². The Morgan fingerprint density at radius 2 is 1.63 bits per heavy atom. The molecule has 0 saturated heterocycles. The zero-order valence-corrected chi connectivity index (χ0v) is 11.3. The van der Waals surface area contributed by atoms with E-state index in [0.29, 0.717) is 6.54 Å². The summed E-state index contributed by atoms with van der Waals surface area (Å²) in [7, 11) is 0. The van der Waals surface area contributed by atoms with E-state index in [1.165, 1.54) is 12.1 Å². The monoisotopic (exact) mass is 275 g/mol. The Kier molecular flexibility index (Phi) is 5.38. The van der Waals surface area contributed by atoms with Crippen molar-refractivity contribution in [3.63, 3.8) is 0 Å². The van der Waals surface area contributed by atoms with E-state index < -0.39 is 17.8 Å². The molecule has 0 spiro atoms. The van der Waals surface area contributed by atoms with E-state index in [1.807, 2.05) is 13.8 Å². The fourth-order valence-corrected chi connectivity index (χ4v) is 1.92. The van der Waals surface area contributed by atoms with Gasteiger partial charge in [0.2, 0.25) is 0 Å². The Bertz CT molecular complexity index is 385. The van der Waals surface area contributed by atoms with Crippen LogP contribution in [-0.2, 0) is 6.18 Å². The lowest BCUT2D eigenvalue weighted by atomic mass is 9.95. The second-order valence-electron chi connectivity index (χ2n) is 5.10. The second kappa shape index (κ2) is 6.39. The van der Waals surface area contributed by atoms with Crippen LogP contribution in [0.3, 0.4) is 0 Å². The van der Waals surface area contributed by atoms with Gasteiger partial charge < -0.3 is 10.4 Å². The number of aliphatic hydroxyl groups is 1. The van der Waals surface area contributed by atoms with Crippen LogP contribution in [0.2, 0.25) is 0 Å². The van der Waals surface area contributed by atoms with Crippen LogP contribution in [0.25, 0.3) is 0 Å². The average molecular weight is 275 g/mol. The zero-order chi connectivity index (χ0) is 14.6. The van der Waals surface area contributed by atoms with Crippen LogP contribution in [0.5, 0.6) is 0 Å². The van der Waals surface area contributed by atoms with Crippen molar-refractivity contribution in [3.8, 4) is 0 Å². The standard InChI is InChI=1S/C14H20F3NO/c1-9(2)13(18-8-10(3)19)11-4-6-12(7-5-11)14(15,16)17/h4-7,9-10,13,18-19H,8H2,1-3H3. The van der Waals surface area contributed by atoms with Crippen molar-refractivity contribution in [2.24, 2.45) is 5.92 Å². The van der Waals surface area contributed by atoms with Crippen LogP contribution < -0.4 is 5.32 Å². The van der Waals surface area contributed by atoms with E-state index >= 15 is 0 Å². The number of benzene rings is 1. The van der Waals surface area contributed by atoms with Crippen molar-refractivity contribution in [1.29, 1.82) is 0 Å². The van der Waals surface area contributed by atoms with Crippen LogP contribution in [0.4, 0.5) is 13.2 Å². The van der Waals surface area contributed by atoms with Gasteiger partial charge in [0, 0.05) is 12.6 Å². The zero-order valence-electron chi connectivity index (χ0n) is 11.3.